The van der Waals surface area contributed by atoms with Gasteiger partial charge in [0.15, 0.2) is 0 Å². The van der Waals surface area contributed by atoms with Gasteiger partial charge in [0.05, 0.1) is 16.8 Å². The molecule has 7 nitrogen and oxygen atoms in total. The van der Waals surface area contributed by atoms with Gasteiger partial charge in [0, 0.05) is 18.7 Å². The van der Waals surface area contributed by atoms with Crippen LogP contribution in [0.2, 0.25) is 0 Å². The van der Waals surface area contributed by atoms with Crippen LogP contribution in [0.25, 0.3) is 0 Å². The molecule has 0 fully saturated rings. The Bertz CT molecular complexity index is 1540. The third-order valence-corrected chi connectivity index (χ3v) is 6.06. The number of nitrogens with zero attached hydrogens (tertiary/aromatic N) is 1. The maximum absolute atomic E-state index is 13.3. The van der Waals surface area contributed by atoms with Crippen molar-refractivity contribution < 1.29 is 23.9 Å². The van der Waals surface area contributed by atoms with Crippen LogP contribution in [0.5, 0.6) is 23.0 Å². The van der Waals surface area contributed by atoms with Crippen LogP contribution in [0.15, 0.2) is 84.9 Å². The fourth-order valence-corrected chi connectivity index (χ4v) is 4.06. The van der Waals surface area contributed by atoms with Gasteiger partial charge >= 0.3 is 0 Å². The Morgan fingerprint density at radius 3 is 2.03 bits per heavy atom. The Balaban J connectivity index is 1.35. The Labute approximate surface area is 214 Å². The fraction of sp³-hybridized carbons (Fsp3) is 0.100. The summed E-state index contributed by atoms with van der Waals surface area (Å²) < 4.78 is 11.9. The molecule has 0 saturated carbocycles. The van der Waals surface area contributed by atoms with E-state index in [4.69, 9.17) is 9.47 Å². The first-order valence-electron chi connectivity index (χ1n) is 11.7. The lowest BCUT2D eigenvalue weighted by Crippen LogP contribution is -2.29. The summed E-state index contributed by atoms with van der Waals surface area (Å²) in [5.41, 5.74) is 3.90. The van der Waals surface area contributed by atoms with Gasteiger partial charge < -0.3 is 14.8 Å². The Hall–Kier alpha value is -4.91. The van der Waals surface area contributed by atoms with Crippen molar-refractivity contribution in [1.29, 1.82) is 0 Å². The molecule has 0 aliphatic carbocycles. The summed E-state index contributed by atoms with van der Waals surface area (Å²) in [6.07, 6.45) is 0. The number of fused-ring (bicyclic) bond motifs is 1. The average molecular weight is 493 g/mol. The summed E-state index contributed by atoms with van der Waals surface area (Å²) in [6, 6.07) is 24.3. The molecule has 4 aromatic rings. The molecule has 0 spiro atoms. The van der Waals surface area contributed by atoms with Gasteiger partial charge in [-0.15, -0.1) is 0 Å². The first-order valence-corrected chi connectivity index (χ1v) is 11.7. The van der Waals surface area contributed by atoms with Gasteiger partial charge in [0.2, 0.25) is 5.91 Å². The molecule has 37 heavy (non-hydrogen) atoms. The second-order valence-electron chi connectivity index (χ2n) is 8.81. The minimum absolute atomic E-state index is 0.164. The van der Waals surface area contributed by atoms with Gasteiger partial charge in [0.1, 0.15) is 23.0 Å². The van der Waals surface area contributed by atoms with Crippen molar-refractivity contribution in [2.24, 2.45) is 0 Å². The van der Waals surface area contributed by atoms with Crippen molar-refractivity contribution in [2.75, 3.05) is 10.2 Å². The van der Waals surface area contributed by atoms with Crippen LogP contribution in [-0.4, -0.2) is 17.7 Å². The molecule has 0 atom stereocenters. The number of nitrogens with one attached hydrogen (secondary N) is 1. The molecule has 4 aromatic carbocycles. The Morgan fingerprint density at radius 2 is 1.30 bits per heavy atom. The van der Waals surface area contributed by atoms with E-state index in [0.717, 1.165) is 16.0 Å². The zero-order chi connectivity index (χ0) is 26.1. The summed E-state index contributed by atoms with van der Waals surface area (Å²) in [5.74, 6) is 1.13. The highest BCUT2D eigenvalue weighted by Crippen LogP contribution is 2.34. The van der Waals surface area contributed by atoms with Crippen molar-refractivity contribution in [2.45, 2.75) is 20.8 Å². The van der Waals surface area contributed by atoms with Crippen LogP contribution < -0.4 is 19.7 Å². The van der Waals surface area contributed by atoms with E-state index in [1.165, 1.54) is 6.92 Å². The summed E-state index contributed by atoms with van der Waals surface area (Å²) in [6.45, 7) is 5.48. The monoisotopic (exact) mass is 492 g/mol. The number of carbonyl (C=O) groups is 3. The van der Waals surface area contributed by atoms with Gasteiger partial charge in [-0.05, 0) is 91.7 Å². The summed E-state index contributed by atoms with van der Waals surface area (Å²) >= 11 is 0. The number of benzene rings is 4. The number of carbonyl (C=O) groups excluding carboxylic acids is 3. The smallest absolute Gasteiger partial charge is 0.266 e. The zero-order valence-corrected chi connectivity index (χ0v) is 20.6. The van der Waals surface area contributed by atoms with E-state index in [1.807, 2.05) is 32.0 Å². The first kappa shape index (κ1) is 23.8. The molecule has 0 radical (unpaired) electrons. The summed E-state index contributed by atoms with van der Waals surface area (Å²) in [5, 5.41) is 2.69. The summed E-state index contributed by atoms with van der Waals surface area (Å²) in [4.78, 5) is 38.8. The van der Waals surface area contributed by atoms with Gasteiger partial charge in [-0.2, -0.15) is 0 Å². The van der Waals surface area contributed by atoms with E-state index in [-0.39, 0.29) is 11.5 Å². The predicted octanol–water partition coefficient (Wildman–Crippen LogP) is 6.65. The molecule has 1 aliphatic heterocycles. The predicted molar refractivity (Wildman–Crippen MR) is 141 cm³/mol. The largest absolute Gasteiger partial charge is 0.457 e. The number of rotatable bonds is 6. The summed E-state index contributed by atoms with van der Waals surface area (Å²) in [7, 11) is 0. The molecule has 5 rings (SSSR count). The minimum Gasteiger partial charge on any atom is -0.457 e. The number of aryl methyl sites for hydroxylation is 2. The fourth-order valence-electron chi connectivity index (χ4n) is 4.06. The van der Waals surface area contributed by atoms with E-state index in [0.29, 0.717) is 39.9 Å². The molecule has 0 saturated heterocycles. The van der Waals surface area contributed by atoms with E-state index < -0.39 is 11.8 Å². The Kier molecular flexibility index (Phi) is 6.19. The van der Waals surface area contributed by atoms with E-state index in [2.05, 4.69) is 5.32 Å². The topological polar surface area (TPSA) is 84.9 Å². The molecule has 184 valence electrons. The second-order valence-corrected chi connectivity index (χ2v) is 8.81. The van der Waals surface area contributed by atoms with Crippen LogP contribution in [0.3, 0.4) is 0 Å². The molecular weight excluding hydrogens is 468 g/mol. The molecule has 0 bridgehead atoms. The standard InChI is InChI=1S/C30H24N2O5/c1-18-7-10-25(15-19(18)2)37-24-6-4-5-22(16-24)32-29(34)27-14-13-26(17-28(27)30(32)35)36-23-11-8-21(9-12-23)31-20(3)33/h4-17H,1-3H3,(H,31,33). The maximum Gasteiger partial charge on any atom is 0.266 e. The Morgan fingerprint density at radius 1 is 0.676 bits per heavy atom. The SMILES string of the molecule is CC(=O)Nc1ccc(Oc2ccc3c(c2)C(=O)N(c2cccc(Oc4ccc(C)c(C)c4)c2)C3=O)cc1. The minimum atomic E-state index is -0.435. The van der Waals surface area contributed by atoms with Gasteiger partial charge in [-0.25, -0.2) is 4.90 Å². The first-order chi connectivity index (χ1) is 17.8. The van der Waals surface area contributed by atoms with Crippen LogP contribution in [-0.2, 0) is 4.79 Å². The van der Waals surface area contributed by atoms with Crippen LogP contribution in [0, 0.1) is 13.8 Å². The van der Waals surface area contributed by atoms with Crippen LogP contribution in [0.1, 0.15) is 38.8 Å². The van der Waals surface area contributed by atoms with Crippen molar-refractivity contribution in [3.63, 3.8) is 0 Å². The van der Waals surface area contributed by atoms with Crippen LogP contribution >= 0.6 is 0 Å². The lowest BCUT2D eigenvalue weighted by Gasteiger charge is -2.15. The highest BCUT2D eigenvalue weighted by Gasteiger charge is 2.37. The molecule has 1 heterocycles. The maximum atomic E-state index is 13.3. The third kappa shape index (κ3) is 4.92. The molecule has 1 aliphatic rings. The number of ether oxygens (including phenoxy) is 2. The van der Waals surface area contributed by atoms with Crippen molar-refractivity contribution in [3.8, 4) is 23.0 Å². The van der Waals surface area contributed by atoms with Crippen molar-refractivity contribution in [1.82, 2.24) is 0 Å². The van der Waals surface area contributed by atoms with E-state index >= 15 is 0 Å². The molecule has 7 heteroatoms. The lowest BCUT2D eigenvalue weighted by atomic mass is 10.1. The number of hydrogen-bond acceptors (Lipinski definition) is 5. The molecule has 0 unspecified atom stereocenters. The van der Waals surface area contributed by atoms with Crippen molar-refractivity contribution >= 4 is 29.1 Å². The quantitative estimate of drug-likeness (QED) is 0.305. The highest BCUT2D eigenvalue weighted by atomic mass is 16.5. The van der Waals surface area contributed by atoms with Gasteiger partial charge in [-0.3, -0.25) is 14.4 Å². The number of amides is 3. The van der Waals surface area contributed by atoms with Crippen LogP contribution in [0.4, 0.5) is 11.4 Å². The number of anilines is 2. The highest BCUT2D eigenvalue weighted by molar-refractivity contribution is 6.34. The lowest BCUT2D eigenvalue weighted by molar-refractivity contribution is -0.114. The number of hydrogen-bond donors (Lipinski definition) is 1. The van der Waals surface area contributed by atoms with Gasteiger partial charge in [-0.1, -0.05) is 12.1 Å². The van der Waals surface area contributed by atoms with E-state index in [1.54, 1.807) is 66.7 Å². The zero-order valence-electron chi connectivity index (χ0n) is 20.6. The normalized spacial score (nSPS) is 12.4. The second kappa shape index (κ2) is 9.62. The molecular formula is C30H24N2O5. The molecule has 3 amide bonds. The number of imide groups is 1. The van der Waals surface area contributed by atoms with Crippen molar-refractivity contribution in [3.05, 3.63) is 107 Å². The molecule has 0 aromatic heterocycles. The third-order valence-electron chi connectivity index (χ3n) is 6.06. The van der Waals surface area contributed by atoms with E-state index in [9.17, 15) is 14.4 Å². The average Bonchev–Trinajstić information content (AvgIpc) is 3.12. The molecule has 1 N–H and O–H groups in total. The van der Waals surface area contributed by atoms with Gasteiger partial charge in [0.25, 0.3) is 11.8 Å².